The van der Waals surface area contributed by atoms with E-state index in [9.17, 15) is 5.11 Å². The number of aromatic hydroxyl groups is 1. The lowest BCUT2D eigenvalue weighted by molar-refractivity contribution is 0.161. The van der Waals surface area contributed by atoms with Crippen LogP contribution in [0.1, 0.15) is 43.4 Å². The van der Waals surface area contributed by atoms with Gasteiger partial charge in [-0.3, -0.25) is 4.90 Å². The Kier molecular flexibility index (Phi) is 5.65. The third-order valence-corrected chi connectivity index (χ3v) is 4.62. The van der Waals surface area contributed by atoms with Crippen LogP contribution in [0, 0.1) is 19.8 Å². The quantitative estimate of drug-likeness (QED) is 0.874. The van der Waals surface area contributed by atoms with E-state index in [1.54, 1.807) is 0 Å². The van der Waals surface area contributed by atoms with Crippen molar-refractivity contribution in [1.29, 1.82) is 0 Å². The van der Waals surface area contributed by atoms with Crippen LogP contribution < -0.4 is 5.32 Å². The van der Waals surface area contributed by atoms with E-state index < -0.39 is 0 Å². The van der Waals surface area contributed by atoms with Crippen LogP contribution in [0.3, 0.4) is 0 Å². The number of nitrogens with one attached hydrogen (secondary N) is 1. The van der Waals surface area contributed by atoms with Crippen molar-refractivity contribution in [2.45, 2.75) is 53.1 Å². The fourth-order valence-electron chi connectivity index (χ4n) is 3.23. The van der Waals surface area contributed by atoms with Crippen LogP contribution >= 0.6 is 0 Å². The summed E-state index contributed by atoms with van der Waals surface area (Å²) in [7, 11) is 0. The monoisotopic (exact) mass is 290 g/mol. The maximum atomic E-state index is 9.91. The molecule has 1 aromatic rings. The second-order valence-corrected chi connectivity index (χ2v) is 6.79. The van der Waals surface area contributed by atoms with E-state index in [4.69, 9.17) is 0 Å². The standard InChI is InChI=1S/C18H30N2O/c1-13(2)20(11-16-5-7-19-8-6-16)12-17-9-14(3)18(21)15(4)10-17/h9-10,13,16,19,21H,5-8,11-12H2,1-4H3. The minimum Gasteiger partial charge on any atom is -0.507 e. The van der Waals surface area contributed by atoms with Crippen molar-refractivity contribution in [2.24, 2.45) is 5.92 Å². The summed E-state index contributed by atoms with van der Waals surface area (Å²) >= 11 is 0. The Balaban J connectivity index is 2.05. The zero-order chi connectivity index (χ0) is 15.4. The second-order valence-electron chi connectivity index (χ2n) is 6.79. The number of aryl methyl sites for hydroxylation is 2. The van der Waals surface area contributed by atoms with Gasteiger partial charge in [-0.2, -0.15) is 0 Å². The van der Waals surface area contributed by atoms with Crippen molar-refractivity contribution in [3.05, 3.63) is 28.8 Å². The first-order valence-electron chi connectivity index (χ1n) is 8.21. The molecule has 0 bridgehead atoms. The van der Waals surface area contributed by atoms with Crippen LogP contribution in [0.15, 0.2) is 12.1 Å². The van der Waals surface area contributed by atoms with E-state index in [1.807, 2.05) is 13.8 Å². The lowest BCUT2D eigenvalue weighted by Crippen LogP contribution is -2.39. The molecule has 2 rings (SSSR count). The minimum absolute atomic E-state index is 0.438. The van der Waals surface area contributed by atoms with Crippen molar-refractivity contribution >= 4 is 0 Å². The molecule has 1 aliphatic rings. The van der Waals surface area contributed by atoms with Gasteiger partial charge in [0.2, 0.25) is 0 Å². The molecule has 0 radical (unpaired) electrons. The molecule has 2 N–H and O–H groups in total. The molecule has 3 heteroatoms. The molecule has 3 nitrogen and oxygen atoms in total. The fourth-order valence-corrected chi connectivity index (χ4v) is 3.23. The van der Waals surface area contributed by atoms with Crippen LogP contribution in [-0.2, 0) is 6.54 Å². The Bertz CT molecular complexity index is 441. The summed E-state index contributed by atoms with van der Waals surface area (Å²) in [6.45, 7) is 13.0. The molecule has 1 heterocycles. The molecule has 1 aliphatic heterocycles. The molecular formula is C18H30N2O. The number of hydrogen-bond acceptors (Lipinski definition) is 3. The highest BCUT2D eigenvalue weighted by atomic mass is 16.3. The van der Waals surface area contributed by atoms with Gasteiger partial charge in [-0.15, -0.1) is 0 Å². The average molecular weight is 290 g/mol. The highest BCUT2D eigenvalue weighted by Crippen LogP contribution is 2.25. The summed E-state index contributed by atoms with van der Waals surface area (Å²) in [5.41, 5.74) is 3.27. The molecule has 118 valence electrons. The van der Waals surface area contributed by atoms with E-state index in [2.05, 4.69) is 36.2 Å². The molecule has 0 saturated carbocycles. The molecule has 1 fully saturated rings. The summed E-state index contributed by atoms with van der Waals surface area (Å²) in [6, 6.07) is 4.80. The largest absolute Gasteiger partial charge is 0.507 e. The van der Waals surface area contributed by atoms with Crippen LogP contribution in [0.25, 0.3) is 0 Å². The smallest absolute Gasteiger partial charge is 0.121 e. The predicted octanol–water partition coefficient (Wildman–Crippen LogP) is 3.22. The van der Waals surface area contributed by atoms with E-state index in [0.717, 1.165) is 36.7 Å². The lowest BCUT2D eigenvalue weighted by Gasteiger charge is -2.33. The summed E-state index contributed by atoms with van der Waals surface area (Å²) in [6.07, 6.45) is 2.58. The van der Waals surface area contributed by atoms with Gasteiger partial charge in [-0.1, -0.05) is 12.1 Å². The third kappa shape index (κ3) is 4.45. The van der Waals surface area contributed by atoms with Crippen molar-refractivity contribution < 1.29 is 5.11 Å². The van der Waals surface area contributed by atoms with Crippen molar-refractivity contribution in [2.75, 3.05) is 19.6 Å². The van der Waals surface area contributed by atoms with Crippen LogP contribution in [0.5, 0.6) is 5.75 Å². The first kappa shape index (κ1) is 16.3. The van der Waals surface area contributed by atoms with Crippen LogP contribution in [-0.4, -0.2) is 35.7 Å². The third-order valence-electron chi connectivity index (χ3n) is 4.62. The number of phenols is 1. The Hall–Kier alpha value is -1.06. The first-order valence-corrected chi connectivity index (χ1v) is 8.21. The second kappa shape index (κ2) is 7.28. The van der Waals surface area contributed by atoms with Gasteiger partial charge in [0.05, 0.1) is 0 Å². The van der Waals surface area contributed by atoms with Crippen LogP contribution in [0.4, 0.5) is 0 Å². The molecule has 0 spiro atoms. The highest BCUT2D eigenvalue weighted by molar-refractivity contribution is 5.42. The van der Waals surface area contributed by atoms with Gasteiger partial charge >= 0.3 is 0 Å². The van der Waals surface area contributed by atoms with Crippen LogP contribution in [0.2, 0.25) is 0 Å². The lowest BCUT2D eigenvalue weighted by atomic mass is 9.96. The van der Waals surface area contributed by atoms with Gasteiger partial charge in [-0.05, 0) is 76.2 Å². The molecule has 0 atom stereocenters. The maximum Gasteiger partial charge on any atom is 0.121 e. The molecule has 0 amide bonds. The molecule has 1 aromatic carbocycles. The van der Waals surface area contributed by atoms with Crippen molar-refractivity contribution in [3.8, 4) is 5.75 Å². The topological polar surface area (TPSA) is 35.5 Å². The molecular weight excluding hydrogens is 260 g/mol. The SMILES string of the molecule is Cc1cc(CN(CC2CCNCC2)C(C)C)cc(C)c1O. The zero-order valence-electron chi connectivity index (χ0n) is 13.9. The van der Waals surface area contributed by atoms with E-state index in [0.29, 0.717) is 11.8 Å². The zero-order valence-corrected chi connectivity index (χ0v) is 13.9. The predicted molar refractivity (Wildman–Crippen MR) is 88.7 cm³/mol. The van der Waals surface area contributed by atoms with Gasteiger partial charge < -0.3 is 10.4 Å². The minimum atomic E-state index is 0.438. The highest BCUT2D eigenvalue weighted by Gasteiger charge is 2.19. The molecule has 21 heavy (non-hydrogen) atoms. The van der Waals surface area contributed by atoms with Gasteiger partial charge in [0.25, 0.3) is 0 Å². The number of benzene rings is 1. The normalized spacial score (nSPS) is 16.9. The van der Waals surface area contributed by atoms with Gasteiger partial charge in [-0.25, -0.2) is 0 Å². The van der Waals surface area contributed by atoms with Gasteiger partial charge in [0.15, 0.2) is 0 Å². The van der Waals surface area contributed by atoms with Gasteiger partial charge in [0, 0.05) is 19.1 Å². The fraction of sp³-hybridized carbons (Fsp3) is 0.667. The van der Waals surface area contributed by atoms with Crippen molar-refractivity contribution in [1.82, 2.24) is 10.2 Å². The Labute approximate surface area is 129 Å². The summed E-state index contributed by atoms with van der Waals surface area (Å²) < 4.78 is 0. The molecule has 0 unspecified atom stereocenters. The van der Waals surface area contributed by atoms with E-state index in [-0.39, 0.29) is 0 Å². The number of hydrogen-bond donors (Lipinski definition) is 2. The van der Waals surface area contributed by atoms with E-state index >= 15 is 0 Å². The Morgan fingerprint density at radius 1 is 1.19 bits per heavy atom. The number of nitrogens with zero attached hydrogens (tertiary/aromatic N) is 1. The molecule has 0 aliphatic carbocycles. The summed E-state index contributed by atoms with van der Waals surface area (Å²) in [4.78, 5) is 2.57. The molecule has 0 aromatic heterocycles. The van der Waals surface area contributed by atoms with Gasteiger partial charge in [0.1, 0.15) is 5.75 Å². The maximum absolute atomic E-state index is 9.91. The summed E-state index contributed by atoms with van der Waals surface area (Å²) in [5.74, 6) is 1.25. The first-order chi connectivity index (χ1) is 9.97. The average Bonchev–Trinajstić information content (AvgIpc) is 2.45. The van der Waals surface area contributed by atoms with Crippen molar-refractivity contribution in [3.63, 3.8) is 0 Å². The van der Waals surface area contributed by atoms with E-state index in [1.165, 1.54) is 24.9 Å². The number of piperidine rings is 1. The molecule has 1 saturated heterocycles. The Morgan fingerprint density at radius 3 is 2.29 bits per heavy atom. The number of rotatable bonds is 5. The number of phenolic OH excluding ortho intramolecular Hbond substituents is 1. The summed E-state index contributed by atoms with van der Waals surface area (Å²) in [5, 5.41) is 13.4. The Morgan fingerprint density at radius 2 is 1.76 bits per heavy atom.